The van der Waals surface area contributed by atoms with Crippen molar-refractivity contribution < 1.29 is 23.1 Å². The van der Waals surface area contributed by atoms with Gasteiger partial charge >= 0.3 is 5.97 Å². The molecule has 1 saturated heterocycles. The quantitative estimate of drug-likeness (QED) is 0.377. The van der Waals surface area contributed by atoms with Crippen molar-refractivity contribution in [1.29, 1.82) is 0 Å². The van der Waals surface area contributed by atoms with Gasteiger partial charge in [0, 0.05) is 29.2 Å². The van der Waals surface area contributed by atoms with Gasteiger partial charge in [-0.15, -0.1) is 0 Å². The van der Waals surface area contributed by atoms with E-state index in [9.17, 15) is 23.1 Å². The normalized spacial score (nSPS) is 16.5. The van der Waals surface area contributed by atoms with E-state index in [0.29, 0.717) is 6.42 Å². The lowest BCUT2D eigenvalue weighted by molar-refractivity contribution is -0.138. The first-order valence-corrected chi connectivity index (χ1v) is 14.4. The summed E-state index contributed by atoms with van der Waals surface area (Å²) in [5.41, 5.74) is 0.648. The van der Waals surface area contributed by atoms with Crippen LogP contribution in [0.5, 0.6) is 0 Å². The second-order valence-corrected chi connectivity index (χ2v) is 12.2. The molecule has 4 rings (SSSR count). The molecule has 10 heteroatoms. The lowest BCUT2D eigenvalue weighted by Crippen LogP contribution is -2.55. The molecule has 0 radical (unpaired) electrons. The van der Waals surface area contributed by atoms with Gasteiger partial charge in [0.1, 0.15) is 0 Å². The summed E-state index contributed by atoms with van der Waals surface area (Å²) < 4.78 is 28.0. The van der Waals surface area contributed by atoms with Gasteiger partial charge in [0.25, 0.3) is 0 Å². The maximum absolute atomic E-state index is 13.9. The number of nitrogens with one attached hydrogen (secondary N) is 1. The Bertz CT molecular complexity index is 1370. The largest absolute Gasteiger partial charge is 0.481 e. The Morgan fingerprint density at radius 1 is 0.921 bits per heavy atom. The van der Waals surface area contributed by atoms with Gasteiger partial charge in [0.05, 0.1) is 16.7 Å². The average molecular weight is 576 g/mol. The number of aliphatic carboxylic acids is 1. The predicted molar refractivity (Wildman–Crippen MR) is 147 cm³/mol. The highest BCUT2D eigenvalue weighted by molar-refractivity contribution is 7.89. The molecule has 2 N–H and O–H groups in total. The highest BCUT2D eigenvalue weighted by Gasteiger charge is 2.45. The maximum atomic E-state index is 13.9. The standard InChI is InChI=1S/C28H28Cl2N2O5S/c29-22-16-23(30)18-25(17-22)38(36,37)32-13-11-28(12-14-32,21-9-5-2-6-10-21)27(35)31-24(19-26(33)34)15-20-7-3-1-4-8-20/h1-10,16-18,24H,11-15,19H2,(H,31,35)(H,33,34). The van der Waals surface area contributed by atoms with E-state index in [2.05, 4.69) is 5.32 Å². The number of benzene rings is 3. The van der Waals surface area contributed by atoms with Crippen LogP contribution in [0.1, 0.15) is 30.4 Å². The molecule has 3 aromatic rings. The Morgan fingerprint density at radius 2 is 1.47 bits per heavy atom. The smallest absolute Gasteiger partial charge is 0.305 e. The van der Waals surface area contributed by atoms with Crippen LogP contribution < -0.4 is 5.32 Å². The minimum absolute atomic E-state index is 0.00366. The first kappa shape index (κ1) is 28.1. The zero-order valence-corrected chi connectivity index (χ0v) is 22.8. The monoisotopic (exact) mass is 574 g/mol. The SMILES string of the molecule is O=C(O)CC(Cc1ccccc1)NC(=O)C1(c2ccccc2)CCN(S(=O)(=O)c2cc(Cl)cc(Cl)c2)CC1. The van der Waals surface area contributed by atoms with Crippen LogP contribution in [0.15, 0.2) is 83.8 Å². The van der Waals surface area contributed by atoms with Crippen LogP contribution in [0.25, 0.3) is 0 Å². The van der Waals surface area contributed by atoms with Crippen molar-refractivity contribution in [3.05, 3.63) is 100 Å². The van der Waals surface area contributed by atoms with Gasteiger partial charge in [-0.2, -0.15) is 4.31 Å². The lowest BCUT2D eigenvalue weighted by atomic mass is 9.72. The van der Waals surface area contributed by atoms with Crippen molar-refractivity contribution >= 4 is 45.1 Å². The van der Waals surface area contributed by atoms with Gasteiger partial charge in [0.2, 0.25) is 15.9 Å². The second kappa shape index (κ2) is 11.9. The number of rotatable bonds is 9. The molecule has 1 unspecified atom stereocenters. The molecule has 1 fully saturated rings. The Hall–Kier alpha value is -2.91. The number of carboxylic acid groups (broad SMARTS) is 1. The van der Waals surface area contributed by atoms with E-state index in [-0.39, 0.29) is 53.2 Å². The maximum Gasteiger partial charge on any atom is 0.305 e. The fourth-order valence-electron chi connectivity index (χ4n) is 4.95. The summed E-state index contributed by atoms with van der Waals surface area (Å²) in [6.45, 7) is 0.189. The lowest BCUT2D eigenvalue weighted by Gasteiger charge is -2.41. The minimum Gasteiger partial charge on any atom is -0.481 e. The highest BCUT2D eigenvalue weighted by atomic mass is 35.5. The molecular weight excluding hydrogens is 547 g/mol. The summed E-state index contributed by atoms with van der Waals surface area (Å²) in [7, 11) is -3.89. The summed E-state index contributed by atoms with van der Waals surface area (Å²) >= 11 is 12.1. The Kier molecular flexibility index (Phi) is 8.78. The zero-order valence-electron chi connectivity index (χ0n) is 20.5. The summed E-state index contributed by atoms with van der Waals surface area (Å²) in [5.74, 6) is -1.32. The first-order valence-electron chi connectivity index (χ1n) is 12.2. The van der Waals surface area contributed by atoms with Gasteiger partial charge in [-0.3, -0.25) is 9.59 Å². The number of carbonyl (C=O) groups is 2. The van der Waals surface area contributed by atoms with E-state index in [0.717, 1.165) is 11.1 Å². The number of hydrogen-bond acceptors (Lipinski definition) is 4. The number of hydrogen-bond donors (Lipinski definition) is 2. The summed E-state index contributed by atoms with van der Waals surface area (Å²) in [5, 5.41) is 12.9. The Morgan fingerprint density at radius 3 is 2.03 bits per heavy atom. The van der Waals surface area contributed by atoms with Crippen LogP contribution in [0, 0.1) is 0 Å². The van der Waals surface area contributed by atoms with Crippen molar-refractivity contribution in [1.82, 2.24) is 9.62 Å². The van der Waals surface area contributed by atoms with Crippen LogP contribution in [0.3, 0.4) is 0 Å². The van der Waals surface area contributed by atoms with Crippen LogP contribution >= 0.6 is 23.2 Å². The molecule has 7 nitrogen and oxygen atoms in total. The molecular formula is C28H28Cl2N2O5S. The molecule has 200 valence electrons. The Labute approximate surface area is 232 Å². The number of sulfonamides is 1. The molecule has 1 atom stereocenters. The number of amides is 1. The average Bonchev–Trinajstić information content (AvgIpc) is 2.89. The van der Waals surface area contributed by atoms with Gasteiger partial charge in [-0.1, -0.05) is 83.9 Å². The molecule has 1 aliphatic heterocycles. The topological polar surface area (TPSA) is 104 Å². The van der Waals surface area contributed by atoms with Gasteiger partial charge in [0.15, 0.2) is 0 Å². The Balaban J connectivity index is 1.59. The van der Waals surface area contributed by atoms with E-state index in [4.69, 9.17) is 23.2 Å². The first-order chi connectivity index (χ1) is 18.1. The number of nitrogens with zero attached hydrogens (tertiary/aromatic N) is 1. The number of carboxylic acids is 1. The van der Waals surface area contributed by atoms with Gasteiger partial charge in [-0.05, 0) is 48.6 Å². The third kappa shape index (κ3) is 6.38. The van der Waals surface area contributed by atoms with E-state index >= 15 is 0 Å². The van der Waals surface area contributed by atoms with E-state index < -0.39 is 27.4 Å². The number of carbonyl (C=O) groups excluding carboxylic acids is 1. The summed E-state index contributed by atoms with van der Waals surface area (Å²) in [4.78, 5) is 25.5. The molecule has 1 aliphatic rings. The molecule has 1 amide bonds. The highest BCUT2D eigenvalue weighted by Crippen LogP contribution is 2.38. The molecule has 0 saturated carbocycles. The minimum atomic E-state index is -3.89. The predicted octanol–water partition coefficient (Wildman–Crippen LogP) is 4.92. The van der Waals surface area contributed by atoms with Crippen molar-refractivity contribution in [3.8, 4) is 0 Å². The van der Waals surface area contributed by atoms with Crippen LogP contribution in [-0.4, -0.2) is 48.8 Å². The van der Waals surface area contributed by atoms with Crippen LogP contribution in [-0.2, 0) is 31.4 Å². The summed E-state index contributed by atoms with van der Waals surface area (Å²) in [6, 6.07) is 22.1. The van der Waals surface area contributed by atoms with Crippen LogP contribution in [0.4, 0.5) is 0 Å². The fourth-order valence-corrected chi connectivity index (χ4v) is 7.11. The third-order valence-electron chi connectivity index (χ3n) is 6.89. The molecule has 3 aromatic carbocycles. The van der Waals surface area contributed by atoms with Crippen molar-refractivity contribution in [2.45, 2.75) is 42.0 Å². The molecule has 0 aliphatic carbocycles. The summed E-state index contributed by atoms with van der Waals surface area (Å²) in [6.07, 6.45) is 0.574. The fraction of sp³-hybridized carbons (Fsp3) is 0.286. The van der Waals surface area contributed by atoms with Crippen LogP contribution in [0.2, 0.25) is 10.0 Å². The molecule has 0 aromatic heterocycles. The van der Waals surface area contributed by atoms with Crippen molar-refractivity contribution in [2.75, 3.05) is 13.1 Å². The molecule has 38 heavy (non-hydrogen) atoms. The van der Waals surface area contributed by atoms with Crippen molar-refractivity contribution in [3.63, 3.8) is 0 Å². The van der Waals surface area contributed by atoms with E-state index in [1.165, 1.54) is 22.5 Å². The van der Waals surface area contributed by atoms with E-state index in [1.807, 2.05) is 60.7 Å². The molecule has 0 spiro atoms. The second-order valence-electron chi connectivity index (χ2n) is 9.42. The zero-order chi connectivity index (χ0) is 27.3. The van der Waals surface area contributed by atoms with Gasteiger partial charge < -0.3 is 10.4 Å². The molecule has 1 heterocycles. The third-order valence-corrected chi connectivity index (χ3v) is 9.20. The van der Waals surface area contributed by atoms with Crippen molar-refractivity contribution in [2.24, 2.45) is 0 Å². The molecule has 0 bridgehead atoms. The van der Waals surface area contributed by atoms with Gasteiger partial charge in [-0.25, -0.2) is 8.42 Å². The van der Waals surface area contributed by atoms with E-state index in [1.54, 1.807) is 0 Å². The number of halogens is 2. The number of piperidine rings is 1.